The van der Waals surface area contributed by atoms with E-state index in [4.69, 9.17) is 0 Å². The molecule has 1 aromatic heterocycles. The standard InChI is InChI=1S/C13H24N4/c1-10(2)11(3)12-9-13(16(4)15-12)17-7-5-14-6-8-17/h9-11,14H,5-8H2,1-4H3. The number of hydrogen-bond acceptors (Lipinski definition) is 3. The molecule has 4 nitrogen and oxygen atoms in total. The molecule has 96 valence electrons. The Hall–Kier alpha value is -1.03. The van der Waals surface area contributed by atoms with Crippen molar-refractivity contribution < 1.29 is 0 Å². The number of nitrogens with zero attached hydrogens (tertiary/aromatic N) is 3. The molecule has 0 spiro atoms. The fourth-order valence-electron chi connectivity index (χ4n) is 2.23. The molecule has 1 unspecified atom stereocenters. The highest BCUT2D eigenvalue weighted by atomic mass is 15.4. The maximum Gasteiger partial charge on any atom is 0.126 e. The van der Waals surface area contributed by atoms with Gasteiger partial charge < -0.3 is 10.2 Å². The Kier molecular flexibility index (Phi) is 3.72. The summed E-state index contributed by atoms with van der Waals surface area (Å²) < 4.78 is 2.03. The average molecular weight is 236 g/mol. The number of aromatic nitrogens is 2. The first kappa shape index (κ1) is 12.4. The number of hydrogen-bond donors (Lipinski definition) is 1. The minimum Gasteiger partial charge on any atom is -0.354 e. The van der Waals surface area contributed by atoms with Crippen molar-refractivity contribution in [2.45, 2.75) is 26.7 Å². The van der Waals surface area contributed by atoms with Crippen LogP contribution in [0.4, 0.5) is 5.82 Å². The zero-order valence-electron chi connectivity index (χ0n) is 11.4. The highest BCUT2D eigenvalue weighted by Gasteiger charge is 2.19. The fourth-order valence-corrected chi connectivity index (χ4v) is 2.23. The molecule has 17 heavy (non-hydrogen) atoms. The van der Waals surface area contributed by atoms with Crippen molar-refractivity contribution in [2.24, 2.45) is 13.0 Å². The number of anilines is 1. The third-order valence-electron chi connectivity index (χ3n) is 3.78. The summed E-state index contributed by atoms with van der Waals surface area (Å²) in [5.41, 5.74) is 1.22. The number of rotatable bonds is 3. The average Bonchev–Trinajstić information content (AvgIpc) is 2.71. The van der Waals surface area contributed by atoms with Gasteiger partial charge in [0.15, 0.2) is 0 Å². The van der Waals surface area contributed by atoms with Crippen LogP contribution >= 0.6 is 0 Å². The lowest BCUT2D eigenvalue weighted by atomic mass is 9.95. The Morgan fingerprint density at radius 3 is 2.47 bits per heavy atom. The highest BCUT2D eigenvalue weighted by molar-refractivity contribution is 5.42. The molecule has 0 aromatic carbocycles. The highest BCUT2D eigenvalue weighted by Crippen LogP contribution is 2.26. The third kappa shape index (κ3) is 2.63. The Bertz CT molecular complexity index is 363. The van der Waals surface area contributed by atoms with E-state index in [2.05, 4.69) is 42.2 Å². The molecule has 1 aliphatic heterocycles. The van der Waals surface area contributed by atoms with Crippen LogP contribution < -0.4 is 10.2 Å². The van der Waals surface area contributed by atoms with Crippen LogP contribution in [0.25, 0.3) is 0 Å². The van der Waals surface area contributed by atoms with Crippen LogP contribution in [0, 0.1) is 5.92 Å². The summed E-state index contributed by atoms with van der Waals surface area (Å²) in [6.45, 7) is 11.1. The number of piperazine rings is 1. The Morgan fingerprint density at radius 2 is 1.88 bits per heavy atom. The van der Waals surface area contributed by atoms with Gasteiger partial charge in [-0.3, -0.25) is 4.68 Å². The fraction of sp³-hybridized carbons (Fsp3) is 0.769. The zero-order chi connectivity index (χ0) is 12.4. The second kappa shape index (κ2) is 5.08. The predicted octanol–water partition coefficient (Wildman–Crippen LogP) is 1.59. The summed E-state index contributed by atoms with van der Waals surface area (Å²) in [5.74, 6) is 2.42. The number of aryl methyl sites for hydroxylation is 1. The summed E-state index contributed by atoms with van der Waals surface area (Å²) >= 11 is 0. The van der Waals surface area contributed by atoms with Crippen LogP contribution in [0.5, 0.6) is 0 Å². The summed E-state index contributed by atoms with van der Waals surface area (Å²) in [7, 11) is 2.05. The van der Waals surface area contributed by atoms with Gasteiger partial charge in [0.25, 0.3) is 0 Å². The molecular weight excluding hydrogens is 212 g/mol. The van der Waals surface area contributed by atoms with E-state index in [0.717, 1.165) is 26.2 Å². The lowest BCUT2D eigenvalue weighted by Crippen LogP contribution is -2.44. The normalized spacial score (nSPS) is 18.8. The molecule has 1 N–H and O–H groups in total. The van der Waals surface area contributed by atoms with Crippen LogP contribution in [0.1, 0.15) is 32.4 Å². The van der Waals surface area contributed by atoms with Crippen molar-refractivity contribution in [1.29, 1.82) is 0 Å². The first-order valence-electron chi connectivity index (χ1n) is 6.59. The molecule has 1 atom stereocenters. The van der Waals surface area contributed by atoms with E-state index in [-0.39, 0.29) is 0 Å². The molecule has 0 bridgehead atoms. The van der Waals surface area contributed by atoms with Crippen molar-refractivity contribution in [3.63, 3.8) is 0 Å². The van der Waals surface area contributed by atoms with Crippen molar-refractivity contribution in [2.75, 3.05) is 31.1 Å². The van der Waals surface area contributed by atoms with E-state index in [1.807, 2.05) is 11.7 Å². The van der Waals surface area contributed by atoms with Gasteiger partial charge in [-0.2, -0.15) is 5.10 Å². The first-order chi connectivity index (χ1) is 8.09. The van der Waals surface area contributed by atoms with E-state index in [1.54, 1.807) is 0 Å². The van der Waals surface area contributed by atoms with E-state index in [9.17, 15) is 0 Å². The topological polar surface area (TPSA) is 33.1 Å². The van der Waals surface area contributed by atoms with Crippen molar-refractivity contribution >= 4 is 5.82 Å². The van der Waals surface area contributed by atoms with E-state index < -0.39 is 0 Å². The van der Waals surface area contributed by atoms with Gasteiger partial charge in [0.05, 0.1) is 5.69 Å². The molecule has 1 aliphatic rings. The molecular formula is C13H24N4. The monoisotopic (exact) mass is 236 g/mol. The minimum absolute atomic E-state index is 0.526. The Balaban J connectivity index is 2.17. The van der Waals surface area contributed by atoms with Crippen LogP contribution in [-0.4, -0.2) is 36.0 Å². The Morgan fingerprint density at radius 1 is 1.24 bits per heavy atom. The molecule has 2 rings (SSSR count). The van der Waals surface area contributed by atoms with Gasteiger partial charge in [-0.15, -0.1) is 0 Å². The molecule has 1 fully saturated rings. The SMILES string of the molecule is CC(C)C(C)c1cc(N2CCNCC2)n(C)n1. The van der Waals surface area contributed by atoms with Gasteiger partial charge in [0.1, 0.15) is 5.82 Å². The molecule has 1 saturated heterocycles. The molecule has 0 aliphatic carbocycles. The van der Waals surface area contributed by atoms with Crippen LogP contribution in [0.3, 0.4) is 0 Å². The summed E-state index contributed by atoms with van der Waals surface area (Å²) in [4.78, 5) is 2.42. The lowest BCUT2D eigenvalue weighted by Gasteiger charge is -2.28. The predicted molar refractivity (Wildman–Crippen MR) is 71.5 cm³/mol. The lowest BCUT2D eigenvalue weighted by molar-refractivity contribution is 0.515. The maximum atomic E-state index is 4.66. The number of nitrogens with one attached hydrogen (secondary N) is 1. The van der Waals surface area contributed by atoms with E-state index in [1.165, 1.54) is 11.5 Å². The summed E-state index contributed by atoms with van der Waals surface area (Å²) in [6, 6.07) is 2.26. The second-order valence-electron chi connectivity index (χ2n) is 5.32. The molecule has 2 heterocycles. The molecule has 4 heteroatoms. The van der Waals surface area contributed by atoms with Crippen molar-refractivity contribution in [3.05, 3.63) is 11.8 Å². The van der Waals surface area contributed by atoms with Gasteiger partial charge in [0, 0.05) is 45.2 Å². The van der Waals surface area contributed by atoms with Crippen LogP contribution in [0.2, 0.25) is 0 Å². The molecule has 0 radical (unpaired) electrons. The minimum atomic E-state index is 0.526. The van der Waals surface area contributed by atoms with Crippen molar-refractivity contribution in [1.82, 2.24) is 15.1 Å². The van der Waals surface area contributed by atoms with Crippen LogP contribution in [0.15, 0.2) is 6.07 Å². The largest absolute Gasteiger partial charge is 0.354 e. The second-order valence-corrected chi connectivity index (χ2v) is 5.32. The van der Waals surface area contributed by atoms with Gasteiger partial charge >= 0.3 is 0 Å². The van der Waals surface area contributed by atoms with Gasteiger partial charge in [-0.25, -0.2) is 0 Å². The third-order valence-corrected chi connectivity index (χ3v) is 3.78. The van der Waals surface area contributed by atoms with E-state index in [0.29, 0.717) is 11.8 Å². The summed E-state index contributed by atoms with van der Waals surface area (Å²) in [5, 5.41) is 8.04. The molecule has 0 amide bonds. The zero-order valence-corrected chi connectivity index (χ0v) is 11.4. The molecule has 0 saturated carbocycles. The summed E-state index contributed by atoms with van der Waals surface area (Å²) in [6.07, 6.45) is 0. The quantitative estimate of drug-likeness (QED) is 0.865. The van der Waals surface area contributed by atoms with Crippen LogP contribution in [-0.2, 0) is 7.05 Å². The van der Waals surface area contributed by atoms with Gasteiger partial charge in [0.2, 0.25) is 0 Å². The maximum absolute atomic E-state index is 4.66. The van der Waals surface area contributed by atoms with Crippen molar-refractivity contribution in [3.8, 4) is 0 Å². The smallest absolute Gasteiger partial charge is 0.126 e. The van der Waals surface area contributed by atoms with Gasteiger partial charge in [-0.1, -0.05) is 20.8 Å². The van der Waals surface area contributed by atoms with Gasteiger partial charge in [-0.05, 0) is 5.92 Å². The van der Waals surface area contributed by atoms with E-state index >= 15 is 0 Å². The molecule has 1 aromatic rings. The first-order valence-corrected chi connectivity index (χ1v) is 6.59. The Labute approximate surface area is 104 Å².